The van der Waals surface area contributed by atoms with Crippen molar-refractivity contribution >= 4 is 0 Å². The maximum Gasteiger partial charge on any atom is 0.0936 e. The van der Waals surface area contributed by atoms with Gasteiger partial charge in [0.05, 0.1) is 51.8 Å². The zero-order chi connectivity index (χ0) is 13.6. The van der Waals surface area contributed by atoms with Crippen LogP contribution in [0, 0.1) is 0 Å². The third-order valence-corrected chi connectivity index (χ3v) is 4.17. The van der Waals surface area contributed by atoms with Gasteiger partial charge in [0.15, 0.2) is 0 Å². The van der Waals surface area contributed by atoms with E-state index in [1.807, 2.05) is 0 Å². The van der Waals surface area contributed by atoms with Gasteiger partial charge in [-0.1, -0.05) is 0 Å². The number of morpholine rings is 2. The van der Waals surface area contributed by atoms with Crippen molar-refractivity contribution < 1.29 is 18.9 Å². The van der Waals surface area contributed by atoms with Crippen LogP contribution in [-0.2, 0) is 18.9 Å². The number of ether oxygens (including phenoxy) is 4. The van der Waals surface area contributed by atoms with E-state index in [2.05, 4.69) is 9.80 Å². The molecule has 0 aromatic rings. The van der Waals surface area contributed by atoms with Crippen molar-refractivity contribution in [1.82, 2.24) is 9.80 Å². The zero-order valence-corrected chi connectivity index (χ0v) is 12.2. The molecule has 3 aliphatic rings. The highest BCUT2D eigenvalue weighted by atomic mass is 16.6. The lowest BCUT2D eigenvalue weighted by molar-refractivity contribution is -0.150. The molecular weight excluding hydrogens is 260 g/mol. The summed E-state index contributed by atoms with van der Waals surface area (Å²) in [5.41, 5.74) is 0. The van der Waals surface area contributed by atoms with Crippen molar-refractivity contribution in [3.8, 4) is 0 Å². The summed E-state index contributed by atoms with van der Waals surface area (Å²) in [6, 6.07) is 0. The Morgan fingerprint density at radius 3 is 1.40 bits per heavy atom. The van der Waals surface area contributed by atoms with Gasteiger partial charge in [-0.2, -0.15) is 0 Å². The Morgan fingerprint density at radius 2 is 1.05 bits per heavy atom. The minimum atomic E-state index is 0.217. The van der Waals surface area contributed by atoms with Crippen LogP contribution >= 0.6 is 0 Å². The molecule has 0 aromatic heterocycles. The lowest BCUT2D eigenvalue weighted by atomic mass is 10.2. The van der Waals surface area contributed by atoms with Crippen molar-refractivity contribution in [3.05, 3.63) is 0 Å². The molecule has 3 saturated heterocycles. The van der Waals surface area contributed by atoms with Crippen LogP contribution in [0.1, 0.15) is 0 Å². The lowest BCUT2D eigenvalue weighted by Gasteiger charge is -2.36. The highest BCUT2D eigenvalue weighted by Crippen LogP contribution is 2.12. The Morgan fingerprint density at radius 1 is 0.650 bits per heavy atom. The Bertz CT molecular complexity index is 244. The van der Waals surface area contributed by atoms with E-state index in [1.165, 1.54) is 0 Å². The van der Waals surface area contributed by atoms with E-state index in [4.69, 9.17) is 18.9 Å². The van der Waals surface area contributed by atoms with Crippen LogP contribution in [0.25, 0.3) is 0 Å². The first-order valence-electron chi connectivity index (χ1n) is 7.73. The van der Waals surface area contributed by atoms with Gasteiger partial charge in [-0.15, -0.1) is 0 Å². The van der Waals surface area contributed by atoms with Gasteiger partial charge < -0.3 is 18.9 Å². The smallest absolute Gasteiger partial charge is 0.0936 e. The lowest BCUT2D eigenvalue weighted by Crippen LogP contribution is -2.49. The fourth-order valence-corrected chi connectivity index (χ4v) is 2.94. The molecule has 20 heavy (non-hydrogen) atoms. The summed E-state index contributed by atoms with van der Waals surface area (Å²) in [4.78, 5) is 4.81. The number of hydrogen-bond acceptors (Lipinski definition) is 6. The average Bonchev–Trinajstić information content (AvgIpc) is 2.51. The topological polar surface area (TPSA) is 43.4 Å². The van der Waals surface area contributed by atoms with Gasteiger partial charge in [0, 0.05) is 39.3 Å². The van der Waals surface area contributed by atoms with E-state index < -0.39 is 0 Å². The SMILES string of the molecule is C1CN(C[C@H]2CO[C@H](CN3CCOCC3)CO2)CCO1. The van der Waals surface area contributed by atoms with Crippen molar-refractivity contribution in [3.63, 3.8) is 0 Å². The molecule has 0 unspecified atom stereocenters. The van der Waals surface area contributed by atoms with Crippen LogP contribution in [0.15, 0.2) is 0 Å². The maximum absolute atomic E-state index is 5.97. The van der Waals surface area contributed by atoms with E-state index in [1.54, 1.807) is 0 Å². The molecular formula is C14H26N2O4. The third-order valence-electron chi connectivity index (χ3n) is 4.17. The Hall–Kier alpha value is -0.240. The van der Waals surface area contributed by atoms with E-state index in [9.17, 15) is 0 Å². The Kier molecular flexibility index (Phi) is 5.64. The molecule has 0 N–H and O–H groups in total. The molecule has 3 heterocycles. The molecule has 0 aliphatic carbocycles. The summed E-state index contributed by atoms with van der Waals surface area (Å²) in [5.74, 6) is 0. The summed E-state index contributed by atoms with van der Waals surface area (Å²) in [7, 11) is 0. The van der Waals surface area contributed by atoms with Gasteiger partial charge in [-0.3, -0.25) is 9.80 Å². The Balaban J connectivity index is 1.33. The molecule has 0 amide bonds. The van der Waals surface area contributed by atoms with Gasteiger partial charge >= 0.3 is 0 Å². The summed E-state index contributed by atoms with van der Waals surface area (Å²) in [5, 5.41) is 0. The zero-order valence-electron chi connectivity index (χ0n) is 12.2. The van der Waals surface area contributed by atoms with Crippen LogP contribution in [-0.4, -0.2) is 101 Å². The maximum atomic E-state index is 5.97. The minimum absolute atomic E-state index is 0.217. The quantitative estimate of drug-likeness (QED) is 0.690. The van der Waals surface area contributed by atoms with Gasteiger partial charge in [0.1, 0.15) is 0 Å². The normalized spacial score (nSPS) is 34.2. The van der Waals surface area contributed by atoms with Gasteiger partial charge in [0.2, 0.25) is 0 Å². The molecule has 0 aromatic carbocycles. The molecule has 0 spiro atoms. The van der Waals surface area contributed by atoms with Crippen molar-refractivity contribution in [2.45, 2.75) is 12.2 Å². The highest BCUT2D eigenvalue weighted by molar-refractivity contribution is 4.76. The van der Waals surface area contributed by atoms with Crippen molar-refractivity contribution in [2.24, 2.45) is 0 Å². The number of nitrogens with zero attached hydrogens (tertiary/aromatic N) is 2. The highest BCUT2D eigenvalue weighted by Gasteiger charge is 2.26. The number of hydrogen-bond donors (Lipinski definition) is 0. The summed E-state index contributed by atoms with van der Waals surface area (Å²) >= 11 is 0. The van der Waals surface area contributed by atoms with Gasteiger partial charge in [-0.25, -0.2) is 0 Å². The molecule has 0 radical (unpaired) electrons. The van der Waals surface area contributed by atoms with Crippen molar-refractivity contribution in [2.75, 3.05) is 78.9 Å². The van der Waals surface area contributed by atoms with Crippen LogP contribution in [0.4, 0.5) is 0 Å². The first-order valence-corrected chi connectivity index (χ1v) is 7.73. The molecule has 6 nitrogen and oxygen atoms in total. The van der Waals surface area contributed by atoms with E-state index in [0.29, 0.717) is 13.2 Å². The van der Waals surface area contributed by atoms with Crippen LogP contribution in [0.5, 0.6) is 0 Å². The predicted molar refractivity (Wildman–Crippen MR) is 74.0 cm³/mol. The molecule has 3 rings (SSSR count). The third kappa shape index (κ3) is 4.38. The molecule has 3 fully saturated rings. The summed E-state index contributed by atoms with van der Waals surface area (Å²) in [6.45, 7) is 10.8. The summed E-state index contributed by atoms with van der Waals surface area (Å²) in [6.07, 6.45) is 0.433. The van der Waals surface area contributed by atoms with Crippen LogP contribution in [0.3, 0.4) is 0 Å². The molecule has 3 aliphatic heterocycles. The standard InChI is InChI=1S/C14H26N2O4/c1-5-17-6-2-15(1)9-13-11-20-14(12-19-13)10-16-3-7-18-8-4-16/h13-14H,1-12H2/t13-,14+. The first-order chi connectivity index (χ1) is 9.90. The fourth-order valence-electron chi connectivity index (χ4n) is 2.94. The summed E-state index contributed by atoms with van der Waals surface area (Å²) < 4.78 is 22.7. The van der Waals surface area contributed by atoms with Crippen LogP contribution < -0.4 is 0 Å². The second-order valence-corrected chi connectivity index (χ2v) is 5.74. The van der Waals surface area contributed by atoms with E-state index >= 15 is 0 Å². The van der Waals surface area contributed by atoms with Crippen molar-refractivity contribution in [1.29, 1.82) is 0 Å². The number of rotatable bonds is 4. The monoisotopic (exact) mass is 286 g/mol. The second-order valence-electron chi connectivity index (χ2n) is 5.74. The largest absolute Gasteiger partial charge is 0.379 e. The van der Waals surface area contributed by atoms with Gasteiger partial charge in [0.25, 0.3) is 0 Å². The molecule has 6 heteroatoms. The molecule has 2 atom stereocenters. The second kappa shape index (κ2) is 7.68. The first kappa shape index (κ1) is 14.7. The molecule has 116 valence electrons. The average molecular weight is 286 g/mol. The van der Waals surface area contributed by atoms with Crippen LogP contribution in [0.2, 0.25) is 0 Å². The predicted octanol–water partition coefficient (Wildman–Crippen LogP) is -0.565. The van der Waals surface area contributed by atoms with Gasteiger partial charge in [-0.05, 0) is 0 Å². The van der Waals surface area contributed by atoms with E-state index in [0.717, 1.165) is 65.7 Å². The molecule has 0 bridgehead atoms. The molecule has 0 saturated carbocycles. The van der Waals surface area contributed by atoms with E-state index in [-0.39, 0.29) is 12.2 Å². The Labute approximate surface area is 120 Å². The fraction of sp³-hybridized carbons (Fsp3) is 1.00. The minimum Gasteiger partial charge on any atom is -0.379 e.